The van der Waals surface area contributed by atoms with E-state index in [-0.39, 0.29) is 5.02 Å². The molecule has 20 heavy (non-hydrogen) atoms. The molecule has 3 N–H and O–H groups in total. The molecule has 0 amide bonds. The number of hydrogen-bond donors (Lipinski definition) is 3. The first-order chi connectivity index (χ1) is 9.21. The highest BCUT2D eigenvalue weighted by Gasteiger charge is 2.46. The van der Waals surface area contributed by atoms with Crippen LogP contribution in [0.15, 0.2) is 17.0 Å². The molecule has 9 heteroatoms. The molecule has 0 atom stereocenters. The van der Waals surface area contributed by atoms with Crippen molar-refractivity contribution in [3.8, 4) is 0 Å². The highest BCUT2D eigenvalue weighted by molar-refractivity contribution is 7.89. The van der Waals surface area contributed by atoms with Gasteiger partial charge in [0.25, 0.3) is 0 Å². The summed E-state index contributed by atoms with van der Waals surface area (Å²) < 4.78 is 40.3. The Morgan fingerprint density at radius 3 is 2.50 bits per heavy atom. The van der Waals surface area contributed by atoms with Crippen LogP contribution in [0.25, 0.3) is 0 Å². The number of carbonyl (C=O) groups is 1. The van der Waals surface area contributed by atoms with Gasteiger partial charge in [0.2, 0.25) is 10.0 Å². The monoisotopic (exact) mass is 323 g/mol. The van der Waals surface area contributed by atoms with Crippen molar-refractivity contribution < 1.29 is 27.8 Å². The average Bonchev–Trinajstić information content (AvgIpc) is 3.11. The van der Waals surface area contributed by atoms with Crippen molar-refractivity contribution in [1.82, 2.24) is 4.72 Å². The van der Waals surface area contributed by atoms with Crippen LogP contribution in [0, 0.1) is 5.82 Å². The second-order valence-corrected chi connectivity index (χ2v) is 6.70. The molecule has 1 aliphatic carbocycles. The second kappa shape index (κ2) is 4.96. The summed E-state index contributed by atoms with van der Waals surface area (Å²) in [6.07, 6.45) is 0.855. The van der Waals surface area contributed by atoms with Gasteiger partial charge in [-0.2, -0.15) is 0 Å². The minimum atomic E-state index is -4.31. The van der Waals surface area contributed by atoms with Crippen molar-refractivity contribution in [1.29, 1.82) is 0 Å². The van der Waals surface area contributed by atoms with Crippen molar-refractivity contribution in [2.24, 2.45) is 0 Å². The zero-order valence-corrected chi connectivity index (χ0v) is 11.6. The maximum atomic E-state index is 14.0. The second-order valence-electron chi connectivity index (χ2n) is 4.61. The maximum absolute atomic E-state index is 14.0. The molecule has 1 saturated carbocycles. The number of carboxylic acid groups (broad SMARTS) is 1. The number of benzene rings is 1. The number of aromatic carboxylic acids is 1. The van der Waals surface area contributed by atoms with Crippen LogP contribution in [0.3, 0.4) is 0 Å². The summed E-state index contributed by atoms with van der Waals surface area (Å²) in [5.74, 6) is -3.01. The lowest BCUT2D eigenvalue weighted by atomic mass is 10.2. The van der Waals surface area contributed by atoms with Gasteiger partial charge in [-0.3, -0.25) is 0 Å². The molecular weight excluding hydrogens is 313 g/mol. The zero-order valence-electron chi connectivity index (χ0n) is 10.1. The molecule has 1 aliphatic rings. The fourth-order valence-electron chi connectivity index (χ4n) is 1.70. The lowest BCUT2D eigenvalue weighted by molar-refractivity contribution is 0.0691. The number of nitrogens with one attached hydrogen (secondary N) is 1. The van der Waals surface area contributed by atoms with Gasteiger partial charge >= 0.3 is 5.97 Å². The molecule has 0 aromatic heterocycles. The van der Waals surface area contributed by atoms with E-state index >= 15 is 0 Å². The highest BCUT2D eigenvalue weighted by atomic mass is 35.5. The van der Waals surface area contributed by atoms with E-state index in [1.165, 1.54) is 0 Å². The molecule has 0 radical (unpaired) electrons. The van der Waals surface area contributed by atoms with Crippen LogP contribution in [0.5, 0.6) is 0 Å². The van der Waals surface area contributed by atoms with Gasteiger partial charge in [-0.1, -0.05) is 11.6 Å². The van der Waals surface area contributed by atoms with Gasteiger partial charge in [0, 0.05) is 5.02 Å². The van der Waals surface area contributed by atoms with Crippen molar-refractivity contribution in [2.45, 2.75) is 23.3 Å². The molecule has 0 heterocycles. The molecule has 0 unspecified atom stereocenters. The number of halogens is 2. The first-order valence-electron chi connectivity index (χ1n) is 5.58. The molecule has 1 fully saturated rings. The third-order valence-corrected chi connectivity index (χ3v) is 4.83. The molecule has 0 spiro atoms. The van der Waals surface area contributed by atoms with Crippen LogP contribution >= 0.6 is 11.6 Å². The summed E-state index contributed by atoms with van der Waals surface area (Å²) >= 11 is 5.62. The summed E-state index contributed by atoms with van der Waals surface area (Å²) in [6.45, 7) is -0.416. The van der Waals surface area contributed by atoms with Gasteiger partial charge in [-0.25, -0.2) is 22.3 Å². The molecular formula is C11H11ClFNO5S. The average molecular weight is 324 g/mol. The molecule has 0 aliphatic heterocycles. The molecule has 6 nitrogen and oxygen atoms in total. The molecule has 1 aromatic rings. The number of aliphatic hydroxyl groups is 1. The number of sulfonamides is 1. The van der Waals surface area contributed by atoms with Crippen LogP contribution in [0.2, 0.25) is 5.02 Å². The molecule has 0 saturated heterocycles. The fourth-order valence-corrected chi connectivity index (χ4v) is 3.56. The number of rotatable bonds is 5. The highest BCUT2D eigenvalue weighted by Crippen LogP contribution is 2.37. The first kappa shape index (κ1) is 15.2. The van der Waals surface area contributed by atoms with E-state index in [0.29, 0.717) is 12.8 Å². The van der Waals surface area contributed by atoms with Gasteiger partial charge < -0.3 is 10.2 Å². The predicted octanol–water partition coefficient (Wildman–Crippen LogP) is 0.981. The van der Waals surface area contributed by atoms with E-state index in [9.17, 15) is 17.6 Å². The molecule has 1 aromatic carbocycles. The Labute approximate surface area is 119 Å². The van der Waals surface area contributed by atoms with Crippen LogP contribution in [0.1, 0.15) is 23.2 Å². The van der Waals surface area contributed by atoms with Crippen molar-refractivity contribution in [2.75, 3.05) is 6.61 Å². The number of aliphatic hydroxyl groups excluding tert-OH is 1. The topological polar surface area (TPSA) is 104 Å². The third-order valence-electron chi connectivity index (χ3n) is 3.03. The smallest absolute Gasteiger partial charge is 0.338 e. The minimum absolute atomic E-state index is 0.210. The van der Waals surface area contributed by atoms with Crippen molar-refractivity contribution in [3.63, 3.8) is 0 Å². The lowest BCUT2D eigenvalue weighted by Crippen LogP contribution is -2.40. The molecule has 0 bridgehead atoms. The Bertz CT molecular complexity index is 672. The maximum Gasteiger partial charge on any atom is 0.338 e. The Balaban J connectivity index is 2.49. The quantitative estimate of drug-likeness (QED) is 0.749. The molecule has 110 valence electrons. The summed E-state index contributed by atoms with van der Waals surface area (Å²) in [5, 5.41) is 17.7. The van der Waals surface area contributed by atoms with Crippen LogP contribution < -0.4 is 4.72 Å². The van der Waals surface area contributed by atoms with E-state index in [0.717, 1.165) is 12.1 Å². The van der Waals surface area contributed by atoms with E-state index in [2.05, 4.69) is 4.72 Å². The summed E-state index contributed by atoms with van der Waals surface area (Å²) in [6, 6.07) is 1.66. The number of hydrogen-bond acceptors (Lipinski definition) is 4. The molecule has 2 rings (SSSR count). The third kappa shape index (κ3) is 2.78. The fraction of sp³-hybridized carbons (Fsp3) is 0.364. The SMILES string of the molecule is O=C(O)c1cc(Cl)cc(S(=O)(=O)NC2(CO)CC2)c1F. The van der Waals surface area contributed by atoms with E-state index in [1.54, 1.807) is 0 Å². The van der Waals surface area contributed by atoms with Gasteiger partial charge in [0.1, 0.15) is 4.90 Å². The normalized spacial score (nSPS) is 16.9. The first-order valence-corrected chi connectivity index (χ1v) is 7.44. The van der Waals surface area contributed by atoms with Crippen LogP contribution in [-0.2, 0) is 10.0 Å². The van der Waals surface area contributed by atoms with Gasteiger partial charge in [0.15, 0.2) is 5.82 Å². The van der Waals surface area contributed by atoms with Crippen LogP contribution in [0.4, 0.5) is 4.39 Å². The lowest BCUT2D eigenvalue weighted by Gasteiger charge is -2.15. The summed E-state index contributed by atoms with van der Waals surface area (Å²) in [5.41, 5.74) is -1.82. The van der Waals surface area contributed by atoms with Crippen molar-refractivity contribution in [3.05, 3.63) is 28.5 Å². The summed E-state index contributed by atoms with van der Waals surface area (Å²) in [7, 11) is -4.31. The Morgan fingerprint density at radius 2 is 2.05 bits per heavy atom. The van der Waals surface area contributed by atoms with E-state index < -0.39 is 44.4 Å². The van der Waals surface area contributed by atoms with Crippen LogP contribution in [-0.4, -0.2) is 36.7 Å². The van der Waals surface area contributed by atoms with Gasteiger partial charge in [0.05, 0.1) is 17.7 Å². The zero-order chi connectivity index (χ0) is 15.1. The van der Waals surface area contributed by atoms with E-state index in [4.69, 9.17) is 21.8 Å². The Kier molecular flexibility index (Phi) is 3.76. The Hall–Kier alpha value is -1.22. The Morgan fingerprint density at radius 1 is 1.45 bits per heavy atom. The predicted molar refractivity (Wildman–Crippen MR) is 67.7 cm³/mol. The standard InChI is InChI=1S/C11H11ClFNO5S/c12-6-3-7(10(16)17)9(13)8(4-6)20(18,19)14-11(5-15)1-2-11/h3-4,14-15H,1-2,5H2,(H,16,17). The summed E-state index contributed by atoms with van der Waals surface area (Å²) in [4.78, 5) is 10.0. The van der Waals surface area contributed by atoms with Crippen molar-refractivity contribution >= 4 is 27.6 Å². The largest absolute Gasteiger partial charge is 0.478 e. The number of carboxylic acids is 1. The van der Waals surface area contributed by atoms with E-state index in [1.807, 2.05) is 0 Å². The minimum Gasteiger partial charge on any atom is -0.478 e. The van der Waals surface area contributed by atoms with Gasteiger partial charge in [-0.15, -0.1) is 0 Å². The van der Waals surface area contributed by atoms with Gasteiger partial charge in [-0.05, 0) is 25.0 Å².